The van der Waals surface area contributed by atoms with Gasteiger partial charge in [0.05, 0.1) is 15.5 Å². The second-order valence-electron chi connectivity index (χ2n) is 6.75. The maximum absolute atomic E-state index is 13.0. The monoisotopic (exact) mass is 459 g/mol. The van der Waals surface area contributed by atoms with Gasteiger partial charge in [-0.1, -0.05) is 11.6 Å². The first-order valence-electron chi connectivity index (χ1n) is 8.57. The summed E-state index contributed by atoms with van der Waals surface area (Å²) in [4.78, 5) is 12.8. The van der Waals surface area contributed by atoms with Crippen LogP contribution in [0, 0.1) is 0 Å². The van der Waals surface area contributed by atoms with Gasteiger partial charge in [-0.3, -0.25) is 9.52 Å². The molecule has 0 aliphatic rings. The lowest BCUT2D eigenvalue weighted by Crippen LogP contribution is -2.25. The van der Waals surface area contributed by atoms with Crippen molar-refractivity contribution in [2.24, 2.45) is 0 Å². The van der Waals surface area contributed by atoms with Gasteiger partial charge in [0.1, 0.15) is 6.54 Å². The van der Waals surface area contributed by atoms with Gasteiger partial charge < -0.3 is 9.47 Å². The van der Waals surface area contributed by atoms with E-state index in [2.05, 4.69) is 4.72 Å². The highest BCUT2D eigenvalue weighted by Gasteiger charge is 2.34. The molecule has 30 heavy (non-hydrogen) atoms. The number of sulfonamides is 1. The van der Waals surface area contributed by atoms with Gasteiger partial charge in [-0.25, -0.2) is 8.42 Å². The molecule has 0 saturated carbocycles. The van der Waals surface area contributed by atoms with Gasteiger partial charge >= 0.3 is 6.18 Å². The van der Waals surface area contributed by atoms with Crippen LogP contribution in [0.3, 0.4) is 0 Å². The lowest BCUT2D eigenvalue weighted by Gasteiger charge is -2.13. The predicted octanol–water partition coefficient (Wildman–Crippen LogP) is 4.20. The highest BCUT2D eigenvalue weighted by atomic mass is 35.5. The Morgan fingerprint density at radius 1 is 1.13 bits per heavy atom. The van der Waals surface area contributed by atoms with Crippen LogP contribution in [-0.2, 0) is 27.5 Å². The molecule has 0 fully saturated rings. The normalized spacial score (nSPS) is 12.2. The van der Waals surface area contributed by atoms with Gasteiger partial charge in [-0.2, -0.15) is 13.2 Å². The number of hydrogen-bond acceptors (Lipinski definition) is 3. The number of aromatic nitrogens is 1. The van der Waals surface area contributed by atoms with E-state index in [1.807, 2.05) is 0 Å². The molecule has 0 atom stereocenters. The fourth-order valence-electron chi connectivity index (χ4n) is 2.79. The van der Waals surface area contributed by atoms with Crippen LogP contribution in [0.5, 0.6) is 0 Å². The van der Waals surface area contributed by atoms with Crippen molar-refractivity contribution >= 4 is 44.1 Å². The van der Waals surface area contributed by atoms with E-state index in [1.165, 1.54) is 17.0 Å². The summed E-state index contributed by atoms with van der Waals surface area (Å²) < 4.78 is 68.2. The summed E-state index contributed by atoms with van der Waals surface area (Å²) in [6.07, 6.45) is -3.09. The van der Waals surface area contributed by atoms with E-state index >= 15 is 0 Å². The smallest absolute Gasteiger partial charge is 0.347 e. The van der Waals surface area contributed by atoms with E-state index in [4.69, 9.17) is 11.6 Å². The number of rotatable bonds is 5. The van der Waals surface area contributed by atoms with E-state index in [0.717, 1.165) is 12.1 Å². The lowest BCUT2D eigenvalue weighted by molar-refractivity contribution is -0.137. The molecule has 3 aromatic rings. The third kappa shape index (κ3) is 4.54. The maximum Gasteiger partial charge on any atom is 0.417 e. The average molecular weight is 460 g/mol. The highest BCUT2D eigenvalue weighted by Crippen LogP contribution is 2.36. The molecule has 1 aromatic heterocycles. The van der Waals surface area contributed by atoms with Gasteiger partial charge in [0.2, 0.25) is 5.91 Å². The van der Waals surface area contributed by atoms with Crippen molar-refractivity contribution in [1.82, 2.24) is 9.47 Å². The topological polar surface area (TPSA) is 71.4 Å². The Bertz CT molecular complexity index is 1220. The zero-order valence-corrected chi connectivity index (χ0v) is 17.4. The molecule has 0 spiro atoms. The van der Waals surface area contributed by atoms with Crippen molar-refractivity contribution in [3.63, 3.8) is 0 Å². The SMILES string of the molecule is CN(C)C(=O)Cn1ccc2cc(NS(=O)(=O)c3ccc(Cl)c(C(F)(F)F)c3)ccc21. The molecule has 1 N–H and O–H groups in total. The number of likely N-dealkylation sites (N-methyl/N-ethyl adjacent to an activating group) is 1. The van der Waals surface area contributed by atoms with Crippen molar-refractivity contribution in [2.45, 2.75) is 17.6 Å². The summed E-state index contributed by atoms with van der Waals surface area (Å²) in [7, 11) is -1.000. The second kappa shape index (κ2) is 7.84. The van der Waals surface area contributed by atoms with Crippen LogP contribution in [-0.4, -0.2) is 37.9 Å². The number of anilines is 1. The zero-order valence-electron chi connectivity index (χ0n) is 15.9. The standard InChI is InChI=1S/C19H17ClF3N3O3S/c1-25(2)18(27)11-26-8-7-12-9-13(3-6-17(12)26)24-30(28,29)14-4-5-16(20)15(10-14)19(21,22)23/h3-10,24H,11H2,1-2H3. The molecule has 0 aliphatic heterocycles. The number of fused-ring (bicyclic) bond motifs is 1. The fourth-order valence-corrected chi connectivity index (χ4v) is 4.09. The summed E-state index contributed by atoms with van der Waals surface area (Å²) in [6.45, 7) is 0.118. The van der Waals surface area contributed by atoms with Crippen molar-refractivity contribution in [1.29, 1.82) is 0 Å². The maximum atomic E-state index is 13.0. The number of alkyl halides is 3. The third-order valence-electron chi connectivity index (χ3n) is 4.38. The second-order valence-corrected chi connectivity index (χ2v) is 8.84. The number of nitrogens with one attached hydrogen (secondary N) is 1. The molecule has 1 amide bonds. The van der Waals surface area contributed by atoms with Crippen LogP contribution >= 0.6 is 11.6 Å². The number of benzene rings is 2. The van der Waals surface area contributed by atoms with Gasteiger partial charge in [-0.05, 0) is 42.5 Å². The summed E-state index contributed by atoms with van der Waals surface area (Å²) >= 11 is 5.55. The van der Waals surface area contributed by atoms with Crippen LogP contribution < -0.4 is 4.72 Å². The number of nitrogens with zero attached hydrogens (tertiary/aromatic N) is 2. The number of hydrogen-bond donors (Lipinski definition) is 1. The quantitative estimate of drug-likeness (QED) is 0.621. The fraction of sp³-hybridized carbons (Fsp3) is 0.211. The summed E-state index contributed by atoms with van der Waals surface area (Å²) in [5.41, 5.74) is -0.355. The predicted molar refractivity (Wildman–Crippen MR) is 108 cm³/mol. The highest BCUT2D eigenvalue weighted by molar-refractivity contribution is 7.92. The molecule has 0 unspecified atom stereocenters. The zero-order chi connectivity index (χ0) is 22.3. The molecule has 6 nitrogen and oxygen atoms in total. The van der Waals surface area contributed by atoms with Gasteiger partial charge in [0.25, 0.3) is 10.0 Å². The molecule has 3 rings (SSSR count). The number of amides is 1. The average Bonchev–Trinajstić information content (AvgIpc) is 3.02. The number of carbonyl (C=O) groups excluding carboxylic acids is 1. The van der Waals surface area contributed by atoms with Crippen LogP contribution in [0.25, 0.3) is 10.9 Å². The Balaban J connectivity index is 1.90. The molecule has 0 radical (unpaired) electrons. The molecule has 0 saturated heterocycles. The first-order valence-corrected chi connectivity index (χ1v) is 10.4. The Kier molecular flexibility index (Phi) is 5.74. The van der Waals surface area contributed by atoms with Gasteiger partial charge in [-0.15, -0.1) is 0 Å². The van der Waals surface area contributed by atoms with Crippen molar-refractivity contribution in [3.8, 4) is 0 Å². The Morgan fingerprint density at radius 2 is 1.83 bits per heavy atom. The van der Waals surface area contributed by atoms with E-state index in [-0.39, 0.29) is 18.1 Å². The van der Waals surface area contributed by atoms with Crippen molar-refractivity contribution in [3.05, 3.63) is 59.2 Å². The van der Waals surface area contributed by atoms with Crippen LogP contribution in [0.2, 0.25) is 5.02 Å². The Labute approximate surface area is 175 Å². The Morgan fingerprint density at radius 3 is 2.47 bits per heavy atom. The van der Waals surface area contributed by atoms with E-state index < -0.39 is 31.7 Å². The van der Waals surface area contributed by atoms with Gasteiger partial charge in [0.15, 0.2) is 0 Å². The van der Waals surface area contributed by atoms with Gasteiger partial charge in [0, 0.05) is 36.9 Å². The van der Waals surface area contributed by atoms with E-state index in [9.17, 15) is 26.4 Å². The Hall–Kier alpha value is -2.72. The molecule has 2 aromatic carbocycles. The summed E-state index contributed by atoms with van der Waals surface area (Å²) in [6, 6.07) is 8.72. The van der Waals surface area contributed by atoms with Crippen LogP contribution in [0.15, 0.2) is 53.6 Å². The molecule has 160 valence electrons. The van der Waals surface area contributed by atoms with Crippen molar-refractivity contribution in [2.75, 3.05) is 18.8 Å². The molecule has 1 heterocycles. The van der Waals surface area contributed by atoms with E-state index in [0.29, 0.717) is 17.0 Å². The molecule has 11 heteroatoms. The molecular formula is C19H17ClF3N3O3S. The number of halogens is 4. The summed E-state index contributed by atoms with van der Waals surface area (Å²) in [5, 5.41) is 0.0744. The summed E-state index contributed by atoms with van der Waals surface area (Å²) in [5.74, 6) is -0.111. The molecule has 0 aliphatic carbocycles. The molecule has 0 bridgehead atoms. The van der Waals surface area contributed by atoms with Crippen LogP contribution in [0.1, 0.15) is 5.56 Å². The van der Waals surface area contributed by atoms with Crippen molar-refractivity contribution < 1.29 is 26.4 Å². The minimum Gasteiger partial charge on any atom is -0.347 e. The first kappa shape index (κ1) is 22.0. The first-order chi connectivity index (χ1) is 13.9. The minimum absolute atomic E-state index is 0.111. The molecular weight excluding hydrogens is 443 g/mol. The third-order valence-corrected chi connectivity index (χ3v) is 6.09. The lowest BCUT2D eigenvalue weighted by atomic mass is 10.2. The van der Waals surface area contributed by atoms with Crippen LogP contribution in [0.4, 0.5) is 18.9 Å². The largest absolute Gasteiger partial charge is 0.417 e. The number of carbonyl (C=O) groups is 1. The van der Waals surface area contributed by atoms with E-state index in [1.54, 1.807) is 37.0 Å². The minimum atomic E-state index is -4.78.